The van der Waals surface area contributed by atoms with E-state index in [0.717, 1.165) is 41.7 Å². The van der Waals surface area contributed by atoms with E-state index >= 15 is 0 Å². The zero-order valence-electron chi connectivity index (χ0n) is 19.6. The number of nitrogens with zero attached hydrogens (tertiary/aromatic N) is 1. The fourth-order valence-corrected chi connectivity index (χ4v) is 3.71. The number of benzene rings is 2. The molecule has 3 N–H and O–H groups in total. The largest absolute Gasteiger partial charge is 0.445 e. The Morgan fingerprint density at radius 1 is 1.03 bits per heavy atom. The van der Waals surface area contributed by atoms with Crippen LogP contribution in [0.4, 0.5) is 4.79 Å². The molecular weight excluding hydrogens is 416 g/mol. The lowest BCUT2D eigenvalue weighted by molar-refractivity contribution is -0.124. The number of carbonyl (C=O) groups is 2. The molecule has 0 bridgehead atoms. The number of imidazole rings is 1. The molecule has 0 spiro atoms. The van der Waals surface area contributed by atoms with E-state index in [1.165, 1.54) is 0 Å². The number of fused-ring (bicyclic) bond motifs is 1. The number of carbonyl (C=O) groups excluding carboxylic acids is 2. The van der Waals surface area contributed by atoms with Crippen molar-refractivity contribution >= 4 is 23.0 Å². The molecule has 0 radical (unpaired) electrons. The van der Waals surface area contributed by atoms with E-state index in [-0.39, 0.29) is 24.5 Å². The first-order valence-electron chi connectivity index (χ1n) is 11.7. The van der Waals surface area contributed by atoms with Crippen molar-refractivity contribution in [3.8, 4) is 0 Å². The molecule has 3 aromatic rings. The maximum absolute atomic E-state index is 13.2. The van der Waals surface area contributed by atoms with Gasteiger partial charge in [0.1, 0.15) is 18.5 Å². The van der Waals surface area contributed by atoms with E-state index in [1.54, 1.807) is 0 Å². The number of aromatic amines is 1. The van der Waals surface area contributed by atoms with Gasteiger partial charge in [-0.1, -0.05) is 76.1 Å². The summed E-state index contributed by atoms with van der Waals surface area (Å²) in [7, 11) is 0. The maximum Gasteiger partial charge on any atom is 0.408 e. The standard InChI is InChI=1S/C26H34N4O3/c1-4-5-13-22(24-27-20-14-9-10-15-21(20)28-24)29-25(31)23(16-18(2)3)30-26(32)33-17-19-11-7-6-8-12-19/h6-12,14-15,18,22-23H,4-5,13,16-17H2,1-3H3,(H,27,28)(H,29,31)(H,30,32)/t22?,23-/m0/s1. The third-order valence-corrected chi connectivity index (χ3v) is 5.43. The van der Waals surface area contributed by atoms with Crippen LogP contribution in [0, 0.1) is 5.92 Å². The molecule has 0 fully saturated rings. The molecule has 3 rings (SSSR count). The topological polar surface area (TPSA) is 96.1 Å². The fourth-order valence-electron chi connectivity index (χ4n) is 3.71. The maximum atomic E-state index is 13.2. The van der Waals surface area contributed by atoms with Gasteiger partial charge in [-0.3, -0.25) is 4.79 Å². The second kappa shape index (κ2) is 12.0. The van der Waals surface area contributed by atoms with E-state index < -0.39 is 12.1 Å². The lowest BCUT2D eigenvalue weighted by Crippen LogP contribution is -2.48. The molecule has 7 heteroatoms. The van der Waals surface area contributed by atoms with Crippen molar-refractivity contribution in [2.45, 2.75) is 65.1 Å². The number of rotatable bonds is 11. The third kappa shape index (κ3) is 7.34. The summed E-state index contributed by atoms with van der Waals surface area (Å²) in [6, 6.07) is 16.3. The van der Waals surface area contributed by atoms with Gasteiger partial charge in [0, 0.05) is 0 Å². The molecule has 0 aliphatic carbocycles. The van der Waals surface area contributed by atoms with Crippen molar-refractivity contribution in [1.82, 2.24) is 20.6 Å². The molecule has 7 nitrogen and oxygen atoms in total. The van der Waals surface area contributed by atoms with Gasteiger partial charge in [-0.15, -0.1) is 0 Å². The molecule has 33 heavy (non-hydrogen) atoms. The Bertz CT molecular complexity index is 999. The molecule has 0 aliphatic heterocycles. The van der Waals surface area contributed by atoms with Gasteiger partial charge >= 0.3 is 6.09 Å². The van der Waals surface area contributed by atoms with Crippen LogP contribution in [0.3, 0.4) is 0 Å². The number of para-hydroxylation sites is 2. The van der Waals surface area contributed by atoms with Crippen molar-refractivity contribution in [2.75, 3.05) is 0 Å². The summed E-state index contributed by atoms with van der Waals surface area (Å²) in [4.78, 5) is 33.7. The average molecular weight is 451 g/mol. The highest BCUT2D eigenvalue weighted by molar-refractivity contribution is 5.86. The van der Waals surface area contributed by atoms with Crippen molar-refractivity contribution in [3.05, 3.63) is 66.0 Å². The van der Waals surface area contributed by atoms with Crippen LogP contribution in [0.2, 0.25) is 0 Å². The average Bonchev–Trinajstić information content (AvgIpc) is 3.24. The molecule has 2 aromatic carbocycles. The van der Waals surface area contributed by atoms with Crippen molar-refractivity contribution < 1.29 is 14.3 Å². The number of unbranched alkanes of at least 4 members (excludes halogenated alkanes) is 1. The van der Waals surface area contributed by atoms with Crippen molar-refractivity contribution in [2.24, 2.45) is 5.92 Å². The minimum absolute atomic E-state index is 0.154. The predicted octanol–water partition coefficient (Wildman–Crippen LogP) is 5.25. The molecule has 1 heterocycles. The number of amides is 2. The van der Waals surface area contributed by atoms with Crippen LogP contribution in [0.25, 0.3) is 11.0 Å². The molecular formula is C26H34N4O3. The minimum atomic E-state index is -0.693. The Kier molecular flexibility index (Phi) is 8.87. The molecule has 0 aliphatic rings. The normalized spacial score (nSPS) is 13.0. The highest BCUT2D eigenvalue weighted by Gasteiger charge is 2.26. The van der Waals surface area contributed by atoms with Crippen molar-refractivity contribution in [1.29, 1.82) is 0 Å². The smallest absolute Gasteiger partial charge is 0.408 e. The van der Waals surface area contributed by atoms with E-state index in [9.17, 15) is 9.59 Å². The van der Waals surface area contributed by atoms with Gasteiger partial charge in [0.25, 0.3) is 0 Å². The first-order valence-corrected chi connectivity index (χ1v) is 11.7. The Balaban J connectivity index is 1.68. The Hall–Kier alpha value is -3.35. The Morgan fingerprint density at radius 2 is 1.76 bits per heavy atom. The number of alkyl carbamates (subject to hydrolysis) is 1. The number of aromatic nitrogens is 2. The van der Waals surface area contributed by atoms with E-state index in [2.05, 4.69) is 27.5 Å². The van der Waals surface area contributed by atoms with Gasteiger partial charge in [0.15, 0.2) is 0 Å². The van der Waals surface area contributed by atoms with E-state index in [0.29, 0.717) is 6.42 Å². The lowest BCUT2D eigenvalue weighted by atomic mass is 10.0. The van der Waals surface area contributed by atoms with E-state index in [4.69, 9.17) is 4.74 Å². The molecule has 1 unspecified atom stereocenters. The summed E-state index contributed by atoms with van der Waals surface area (Å²) >= 11 is 0. The Morgan fingerprint density at radius 3 is 2.45 bits per heavy atom. The van der Waals surface area contributed by atoms with Crippen LogP contribution in [0.5, 0.6) is 0 Å². The summed E-state index contributed by atoms with van der Waals surface area (Å²) in [5.74, 6) is 0.713. The number of H-pyrrole nitrogens is 1. The summed E-state index contributed by atoms with van der Waals surface area (Å²) in [6.45, 7) is 6.31. The lowest BCUT2D eigenvalue weighted by Gasteiger charge is -2.23. The van der Waals surface area contributed by atoms with Crippen LogP contribution in [0.1, 0.15) is 63.9 Å². The van der Waals surface area contributed by atoms with Crippen LogP contribution < -0.4 is 10.6 Å². The predicted molar refractivity (Wildman–Crippen MR) is 130 cm³/mol. The first-order chi connectivity index (χ1) is 16.0. The van der Waals surface area contributed by atoms with Crippen LogP contribution in [-0.4, -0.2) is 28.0 Å². The van der Waals surface area contributed by atoms with Gasteiger partial charge in [-0.25, -0.2) is 9.78 Å². The monoisotopic (exact) mass is 450 g/mol. The molecule has 2 amide bonds. The molecule has 0 saturated carbocycles. The van der Waals surface area contributed by atoms with Gasteiger partial charge in [0.2, 0.25) is 5.91 Å². The molecule has 0 saturated heterocycles. The zero-order chi connectivity index (χ0) is 23.6. The highest BCUT2D eigenvalue weighted by atomic mass is 16.5. The van der Waals surface area contributed by atoms with Crippen molar-refractivity contribution in [3.63, 3.8) is 0 Å². The fraction of sp³-hybridized carbons (Fsp3) is 0.423. The second-order valence-electron chi connectivity index (χ2n) is 8.73. The number of hydrogen-bond donors (Lipinski definition) is 3. The number of hydrogen-bond acceptors (Lipinski definition) is 4. The molecule has 176 valence electrons. The number of nitrogens with one attached hydrogen (secondary N) is 3. The first kappa shape index (κ1) is 24.3. The quantitative estimate of drug-likeness (QED) is 0.372. The SMILES string of the molecule is CCCCC(NC(=O)[C@H](CC(C)C)NC(=O)OCc1ccccc1)c1nc2ccccc2[nH]1. The van der Waals surface area contributed by atoms with E-state index in [1.807, 2.05) is 68.4 Å². The van der Waals surface area contributed by atoms with Crippen LogP contribution in [-0.2, 0) is 16.1 Å². The second-order valence-corrected chi connectivity index (χ2v) is 8.73. The van der Waals surface area contributed by atoms with Crippen LogP contribution in [0.15, 0.2) is 54.6 Å². The summed E-state index contributed by atoms with van der Waals surface area (Å²) < 4.78 is 5.34. The summed E-state index contributed by atoms with van der Waals surface area (Å²) in [5.41, 5.74) is 2.69. The number of ether oxygens (including phenoxy) is 1. The molecule has 2 atom stereocenters. The third-order valence-electron chi connectivity index (χ3n) is 5.43. The van der Waals surface area contributed by atoms with Gasteiger partial charge in [-0.2, -0.15) is 0 Å². The van der Waals surface area contributed by atoms with Gasteiger partial charge < -0.3 is 20.4 Å². The van der Waals surface area contributed by atoms with Crippen LogP contribution >= 0.6 is 0 Å². The highest BCUT2D eigenvalue weighted by Crippen LogP contribution is 2.21. The minimum Gasteiger partial charge on any atom is -0.445 e. The molecule has 1 aromatic heterocycles. The summed E-state index contributed by atoms with van der Waals surface area (Å²) in [6.07, 6.45) is 2.62. The van der Waals surface area contributed by atoms with Gasteiger partial charge in [-0.05, 0) is 36.5 Å². The summed E-state index contributed by atoms with van der Waals surface area (Å²) in [5, 5.41) is 5.86. The Labute approximate surface area is 195 Å². The van der Waals surface area contributed by atoms with Gasteiger partial charge in [0.05, 0.1) is 17.1 Å². The zero-order valence-corrected chi connectivity index (χ0v) is 19.6.